The molecule has 0 saturated heterocycles. The van der Waals surface area contributed by atoms with Gasteiger partial charge in [-0.1, -0.05) is 30.3 Å². The summed E-state index contributed by atoms with van der Waals surface area (Å²) in [5, 5.41) is 14.4. The van der Waals surface area contributed by atoms with Crippen LogP contribution in [0, 0.1) is 10.1 Å². The lowest BCUT2D eigenvalue weighted by Crippen LogP contribution is -2.00. The van der Waals surface area contributed by atoms with Crippen molar-refractivity contribution in [1.82, 2.24) is 9.78 Å². The van der Waals surface area contributed by atoms with E-state index in [0.29, 0.717) is 12.1 Å². The topological polar surface area (TPSA) is 61.0 Å². The van der Waals surface area contributed by atoms with Crippen molar-refractivity contribution in [2.24, 2.45) is 0 Å². The maximum absolute atomic E-state index is 10.3. The molecule has 0 amide bonds. The first-order chi connectivity index (χ1) is 7.74. The van der Waals surface area contributed by atoms with Gasteiger partial charge >= 0.3 is 0 Å². The molecule has 2 aromatic rings. The summed E-state index contributed by atoms with van der Waals surface area (Å²) >= 11 is 0. The fourth-order valence-corrected chi connectivity index (χ4v) is 1.49. The van der Waals surface area contributed by atoms with Gasteiger partial charge in [0.25, 0.3) is 0 Å². The first-order valence-corrected chi connectivity index (χ1v) is 4.91. The second-order valence-electron chi connectivity index (χ2n) is 3.52. The van der Waals surface area contributed by atoms with Crippen LogP contribution in [0.4, 0.5) is 0 Å². The quantitative estimate of drug-likeness (QED) is 0.578. The first-order valence-electron chi connectivity index (χ1n) is 4.91. The van der Waals surface area contributed by atoms with Crippen molar-refractivity contribution >= 4 is 0 Å². The van der Waals surface area contributed by atoms with Crippen LogP contribution < -0.4 is 0 Å². The van der Waals surface area contributed by atoms with Crippen LogP contribution in [0.25, 0.3) is 0 Å². The first kappa shape index (κ1) is 10.4. The summed E-state index contributed by atoms with van der Waals surface area (Å²) < 4.78 is 1.70. The summed E-state index contributed by atoms with van der Waals surface area (Å²) in [7, 11) is 0. The molecule has 1 aromatic heterocycles. The van der Waals surface area contributed by atoms with Crippen molar-refractivity contribution in [3.63, 3.8) is 0 Å². The highest BCUT2D eigenvalue weighted by Gasteiger charge is 2.04. The van der Waals surface area contributed by atoms with Gasteiger partial charge < -0.3 is 0 Å². The van der Waals surface area contributed by atoms with Gasteiger partial charge in [0, 0.05) is 11.1 Å². The molecule has 0 unspecified atom stereocenters. The average Bonchev–Trinajstić information content (AvgIpc) is 2.66. The zero-order valence-electron chi connectivity index (χ0n) is 8.61. The molecular weight excluding hydrogens is 206 g/mol. The van der Waals surface area contributed by atoms with Crippen molar-refractivity contribution in [3.8, 4) is 0 Å². The van der Waals surface area contributed by atoms with Crippen molar-refractivity contribution < 1.29 is 4.92 Å². The Morgan fingerprint density at radius 1 is 1.25 bits per heavy atom. The van der Waals surface area contributed by atoms with Crippen molar-refractivity contribution in [2.45, 2.75) is 13.1 Å². The molecule has 1 heterocycles. The second kappa shape index (κ2) is 4.57. The van der Waals surface area contributed by atoms with Crippen molar-refractivity contribution in [3.05, 3.63) is 64.0 Å². The molecule has 0 aliphatic heterocycles. The van der Waals surface area contributed by atoms with Gasteiger partial charge in [-0.2, -0.15) is 5.10 Å². The summed E-state index contributed by atoms with van der Waals surface area (Å²) in [6, 6.07) is 9.85. The van der Waals surface area contributed by atoms with E-state index in [4.69, 9.17) is 0 Å². The van der Waals surface area contributed by atoms with Crippen LogP contribution in [0.5, 0.6) is 0 Å². The lowest BCUT2D eigenvalue weighted by Gasteiger charge is -2.00. The predicted octanol–water partition coefficient (Wildman–Crippen LogP) is 1.71. The van der Waals surface area contributed by atoms with Gasteiger partial charge in [-0.25, -0.2) is 0 Å². The number of benzene rings is 1. The SMILES string of the molecule is O=[N+]([O-])Cc1cnn(Cc2ccccc2)c1. The van der Waals surface area contributed by atoms with Gasteiger partial charge in [-0.3, -0.25) is 14.8 Å². The summed E-state index contributed by atoms with van der Waals surface area (Å²) in [5.41, 5.74) is 1.75. The fraction of sp³-hybridized carbons (Fsp3) is 0.182. The van der Waals surface area contributed by atoms with Gasteiger partial charge in [-0.05, 0) is 5.56 Å². The average molecular weight is 217 g/mol. The van der Waals surface area contributed by atoms with Crippen LogP contribution >= 0.6 is 0 Å². The zero-order valence-corrected chi connectivity index (χ0v) is 8.61. The second-order valence-corrected chi connectivity index (χ2v) is 3.52. The number of nitro groups is 1. The molecule has 5 heteroatoms. The van der Waals surface area contributed by atoms with E-state index in [1.165, 1.54) is 6.20 Å². The molecule has 5 nitrogen and oxygen atoms in total. The minimum absolute atomic E-state index is 0.172. The molecule has 0 aliphatic rings. The maximum Gasteiger partial charge on any atom is 0.231 e. The molecule has 0 bridgehead atoms. The van der Waals surface area contributed by atoms with Crippen LogP contribution in [0.15, 0.2) is 42.7 Å². The van der Waals surface area contributed by atoms with Crippen LogP contribution in [0.1, 0.15) is 11.1 Å². The molecule has 0 aliphatic carbocycles. The number of hydrogen-bond acceptors (Lipinski definition) is 3. The predicted molar refractivity (Wildman–Crippen MR) is 58.5 cm³/mol. The van der Waals surface area contributed by atoms with E-state index in [0.717, 1.165) is 5.56 Å². The lowest BCUT2D eigenvalue weighted by atomic mass is 10.2. The molecular formula is C11H11N3O2. The van der Waals surface area contributed by atoms with Gasteiger partial charge in [0.05, 0.1) is 18.3 Å². The van der Waals surface area contributed by atoms with Gasteiger partial charge in [0.1, 0.15) is 0 Å². The Labute approximate surface area is 92.5 Å². The molecule has 2 rings (SSSR count). The van der Waals surface area contributed by atoms with E-state index < -0.39 is 0 Å². The minimum Gasteiger partial charge on any atom is -0.268 e. The van der Waals surface area contributed by atoms with E-state index in [2.05, 4.69) is 5.10 Å². The van der Waals surface area contributed by atoms with Gasteiger partial charge in [0.2, 0.25) is 6.54 Å². The Kier molecular flexibility index (Phi) is 2.95. The number of hydrogen-bond donors (Lipinski definition) is 0. The summed E-state index contributed by atoms with van der Waals surface area (Å²) in [4.78, 5) is 9.95. The molecule has 82 valence electrons. The van der Waals surface area contributed by atoms with Crippen LogP contribution in [0.2, 0.25) is 0 Å². The molecule has 0 atom stereocenters. The molecule has 0 spiro atoms. The highest BCUT2D eigenvalue weighted by Crippen LogP contribution is 2.04. The normalized spacial score (nSPS) is 10.2. The third-order valence-electron chi connectivity index (χ3n) is 2.19. The Balaban J connectivity index is 2.06. The molecule has 0 N–H and O–H groups in total. The Morgan fingerprint density at radius 2 is 2.00 bits per heavy atom. The van der Waals surface area contributed by atoms with E-state index in [1.54, 1.807) is 10.9 Å². The third-order valence-corrected chi connectivity index (χ3v) is 2.19. The number of nitrogens with zero attached hydrogens (tertiary/aromatic N) is 3. The molecule has 0 fully saturated rings. The Bertz CT molecular complexity index is 479. The summed E-state index contributed by atoms with van der Waals surface area (Å²) in [6.45, 7) is 0.466. The highest BCUT2D eigenvalue weighted by molar-refractivity contribution is 5.15. The monoisotopic (exact) mass is 217 g/mol. The smallest absolute Gasteiger partial charge is 0.231 e. The van der Waals surface area contributed by atoms with Gasteiger partial charge in [0.15, 0.2) is 0 Å². The molecule has 16 heavy (non-hydrogen) atoms. The maximum atomic E-state index is 10.3. The summed E-state index contributed by atoms with van der Waals surface area (Å²) in [6.07, 6.45) is 3.24. The number of rotatable bonds is 4. The van der Waals surface area contributed by atoms with Crippen molar-refractivity contribution in [2.75, 3.05) is 0 Å². The van der Waals surface area contributed by atoms with E-state index in [1.807, 2.05) is 30.3 Å². The zero-order chi connectivity index (χ0) is 11.4. The van der Waals surface area contributed by atoms with Crippen LogP contribution in [0.3, 0.4) is 0 Å². The molecule has 1 aromatic carbocycles. The molecule has 0 radical (unpaired) electrons. The van der Waals surface area contributed by atoms with E-state index in [-0.39, 0.29) is 11.5 Å². The fourth-order valence-electron chi connectivity index (χ4n) is 1.49. The Morgan fingerprint density at radius 3 is 2.69 bits per heavy atom. The van der Waals surface area contributed by atoms with Gasteiger partial charge in [-0.15, -0.1) is 0 Å². The van der Waals surface area contributed by atoms with E-state index in [9.17, 15) is 10.1 Å². The largest absolute Gasteiger partial charge is 0.268 e. The van der Waals surface area contributed by atoms with E-state index >= 15 is 0 Å². The standard InChI is InChI=1S/C11H11N3O2/c15-14(16)9-11-6-12-13(8-11)7-10-4-2-1-3-5-10/h1-6,8H,7,9H2. The third kappa shape index (κ3) is 2.66. The highest BCUT2D eigenvalue weighted by atomic mass is 16.6. The Hall–Kier alpha value is -2.17. The van der Waals surface area contributed by atoms with Crippen LogP contribution in [-0.2, 0) is 13.1 Å². The summed E-state index contributed by atoms with van der Waals surface area (Å²) in [5.74, 6) is 0. The molecule has 0 saturated carbocycles. The minimum atomic E-state index is -0.357. The number of aromatic nitrogens is 2. The van der Waals surface area contributed by atoms with Crippen LogP contribution in [-0.4, -0.2) is 14.7 Å². The lowest BCUT2D eigenvalue weighted by molar-refractivity contribution is -0.496. The van der Waals surface area contributed by atoms with Crippen molar-refractivity contribution in [1.29, 1.82) is 0 Å².